The Morgan fingerprint density at radius 3 is 3.23 bits per heavy atom. The maximum atomic E-state index is 5.34. The number of rotatable bonds is 2. The third-order valence-corrected chi connectivity index (χ3v) is 2.12. The van der Waals surface area contributed by atoms with Gasteiger partial charge in [-0.1, -0.05) is 6.08 Å². The quantitative estimate of drug-likeness (QED) is 0.652. The Bertz CT molecular complexity index is 442. The van der Waals surface area contributed by atoms with E-state index in [2.05, 4.69) is 11.6 Å². The van der Waals surface area contributed by atoms with Crippen LogP contribution in [0.15, 0.2) is 35.6 Å². The lowest BCUT2D eigenvalue weighted by Gasteiger charge is -1.99. The Morgan fingerprint density at radius 2 is 2.46 bits per heavy atom. The van der Waals surface area contributed by atoms with Crippen LogP contribution in [0.1, 0.15) is 11.3 Å². The molecule has 2 aromatic rings. The molecule has 2 rings (SSSR count). The van der Waals surface area contributed by atoms with Gasteiger partial charge in [-0.15, -0.1) is 6.58 Å². The molecule has 0 amide bonds. The van der Waals surface area contributed by atoms with E-state index in [-0.39, 0.29) is 0 Å². The van der Waals surface area contributed by atoms with Gasteiger partial charge in [0.1, 0.15) is 0 Å². The van der Waals surface area contributed by atoms with E-state index < -0.39 is 0 Å². The summed E-state index contributed by atoms with van der Waals surface area (Å²) in [6.45, 7) is 5.66. The molecule has 0 atom stereocenters. The molecule has 2 heterocycles. The van der Waals surface area contributed by atoms with Crippen LogP contribution in [0.2, 0.25) is 0 Å². The molecule has 0 fully saturated rings. The Labute approximate surface area is 76.9 Å². The number of fused-ring (bicyclic) bond motifs is 1. The zero-order valence-electron chi connectivity index (χ0n) is 7.58. The van der Waals surface area contributed by atoms with Crippen molar-refractivity contribution in [2.75, 3.05) is 0 Å². The topological polar surface area (TPSA) is 26.0 Å². The molecular weight excluding hydrogens is 162 g/mol. The number of hydrogen-bond acceptors (Lipinski definition) is 2. The normalized spacial score (nSPS) is 10.5. The zero-order valence-corrected chi connectivity index (χ0v) is 7.58. The van der Waals surface area contributed by atoms with Crippen molar-refractivity contribution in [3.63, 3.8) is 0 Å². The number of hydrogen-bond donors (Lipinski definition) is 0. The predicted molar refractivity (Wildman–Crippen MR) is 52.6 cm³/mol. The largest absolute Gasteiger partial charge is 0.462 e. The maximum Gasteiger partial charge on any atom is 0.155 e. The molecule has 0 radical (unpaired) electrons. The molecule has 0 unspecified atom stereocenters. The fraction of sp³-hybridized carbons (Fsp3) is 0.182. The average molecular weight is 173 g/mol. The van der Waals surface area contributed by atoms with E-state index in [4.69, 9.17) is 4.42 Å². The molecule has 0 aliphatic heterocycles. The van der Waals surface area contributed by atoms with Crippen LogP contribution >= 0.6 is 0 Å². The minimum absolute atomic E-state index is 0.837. The van der Waals surface area contributed by atoms with Crippen molar-refractivity contribution in [2.24, 2.45) is 0 Å². The molecule has 2 nitrogen and oxygen atoms in total. The monoisotopic (exact) mass is 173 g/mol. The number of pyridine rings is 1. The summed E-state index contributed by atoms with van der Waals surface area (Å²) >= 11 is 0. The Morgan fingerprint density at radius 1 is 1.62 bits per heavy atom. The smallest absolute Gasteiger partial charge is 0.155 e. The maximum absolute atomic E-state index is 5.34. The molecule has 2 aromatic heterocycles. The zero-order chi connectivity index (χ0) is 9.26. The van der Waals surface area contributed by atoms with Crippen molar-refractivity contribution in [3.05, 3.63) is 42.4 Å². The highest BCUT2D eigenvalue weighted by atomic mass is 16.3. The van der Waals surface area contributed by atoms with E-state index in [9.17, 15) is 0 Å². The lowest BCUT2D eigenvalue weighted by Crippen LogP contribution is -1.87. The fourth-order valence-electron chi connectivity index (χ4n) is 1.46. The van der Waals surface area contributed by atoms with Crippen LogP contribution in [0.4, 0.5) is 0 Å². The van der Waals surface area contributed by atoms with Crippen LogP contribution < -0.4 is 0 Å². The third-order valence-electron chi connectivity index (χ3n) is 2.12. The molecule has 0 aromatic carbocycles. The van der Waals surface area contributed by atoms with Crippen LogP contribution in [-0.4, -0.2) is 4.98 Å². The van der Waals surface area contributed by atoms with E-state index in [1.807, 2.05) is 25.3 Å². The van der Waals surface area contributed by atoms with Crippen molar-refractivity contribution in [1.29, 1.82) is 0 Å². The molecule has 0 saturated carbocycles. The number of nitrogens with zero attached hydrogens (tertiary/aromatic N) is 1. The average Bonchev–Trinajstić information content (AvgIpc) is 2.59. The van der Waals surface area contributed by atoms with Crippen molar-refractivity contribution in [3.8, 4) is 0 Å². The second-order valence-electron chi connectivity index (χ2n) is 3.03. The van der Waals surface area contributed by atoms with Crippen molar-refractivity contribution < 1.29 is 4.42 Å². The first kappa shape index (κ1) is 8.05. The van der Waals surface area contributed by atoms with Crippen molar-refractivity contribution >= 4 is 11.0 Å². The minimum Gasteiger partial charge on any atom is -0.462 e. The number of aryl methyl sites for hydroxylation is 1. The standard InChI is InChI=1S/C11H11NO/c1-3-4-9-7-12-8(2)11-10(9)5-6-13-11/h3,5-7H,1,4H2,2H3. The summed E-state index contributed by atoms with van der Waals surface area (Å²) in [6, 6.07) is 1.98. The van der Waals surface area contributed by atoms with Crippen molar-refractivity contribution in [1.82, 2.24) is 4.98 Å². The molecule has 66 valence electrons. The Hall–Kier alpha value is -1.57. The molecular formula is C11H11NO. The highest BCUT2D eigenvalue weighted by Crippen LogP contribution is 2.21. The first-order chi connectivity index (χ1) is 6.33. The highest BCUT2D eigenvalue weighted by Gasteiger charge is 2.05. The molecule has 0 aliphatic rings. The van der Waals surface area contributed by atoms with Gasteiger partial charge < -0.3 is 4.42 Å². The van der Waals surface area contributed by atoms with Crippen LogP contribution in [-0.2, 0) is 6.42 Å². The number of aromatic nitrogens is 1. The number of allylic oxidation sites excluding steroid dienone is 1. The van der Waals surface area contributed by atoms with Gasteiger partial charge in [0.05, 0.1) is 12.0 Å². The predicted octanol–water partition coefficient (Wildman–Crippen LogP) is 2.86. The SMILES string of the molecule is C=CCc1cnc(C)c2occc12. The second kappa shape index (κ2) is 3.05. The van der Waals surface area contributed by atoms with E-state index in [0.717, 1.165) is 23.1 Å². The summed E-state index contributed by atoms with van der Waals surface area (Å²) in [5, 5.41) is 1.15. The van der Waals surface area contributed by atoms with Gasteiger partial charge in [-0.25, -0.2) is 0 Å². The van der Waals surface area contributed by atoms with Crippen LogP contribution in [0.25, 0.3) is 11.0 Å². The van der Waals surface area contributed by atoms with E-state index >= 15 is 0 Å². The first-order valence-corrected chi connectivity index (χ1v) is 4.25. The summed E-state index contributed by atoms with van der Waals surface area (Å²) < 4.78 is 5.34. The van der Waals surface area contributed by atoms with Crippen LogP contribution in [0.3, 0.4) is 0 Å². The molecule has 0 spiro atoms. The van der Waals surface area contributed by atoms with E-state index in [1.165, 1.54) is 5.56 Å². The molecule has 13 heavy (non-hydrogen) atoms. The minimum atomic E-state index is 0.837. The number of furan rings is 1. The summed E-state index contributed by atoms with van der Waals surface area (Å²) in [6.07, 6.45) is 6.29. The van der Waals surface area contributed by atoms with Crippen LogP contribution in [0, 0.1) is 6.92 Å². The van der Waals surface area contributed by atoms with Gasteiger partial charge in [-0.3, -0.25) is 4.98 Å². The Kier molecular flexibility index (Phi) is 1.89. The molecule has 0 aliphatic carbocycles. The summed E-state index contributed by atoms with van der Waals surface area (Å²) in [4.78, 5) is 4.26. The lowest BCUT2D eigenvalue weighted by atomic mass is 10.1. The van der Waals surface area contributed by atoms with Crippen LogP contribution in [0.5, 0.6) is 0 Å². The van der Waals surface area contributed by atoms with Gasteiger partial charge in [0.15, 0.2) is 5.58 Å². The highest BCUT2D eigenvalue weighted by molar-refractivity contribution is 5.82. The van der Waals surface area contributed by atoms with Gasteiger partial charge in [-0.2, -0.15) is 0 Å². The lowest BCUT2D eigenvalue weighted by molar-refractivity contribution is 0.611. The summed E-state index contributed by atoms with van der Waals surface area (Å²) in [7, 11) is 0. The molecule has 0 saturated heterocycles. The van der Waals surface area contributed by atoms with Gasteiger partial charge in [-0.05, 0) is 25.0 Å². The molecule has 0 bridgehead atoms. The second-order valence-corrected chi connectivity index (χ2v) is 3.03. The van der Waals surface area contributed by atoms with Crippen molar-refractivity contribution in [2.45, 2.75) is 13.3 Å². The van der Waals surface area contributed by atoms with Gasteiger partial charge in [0, 0.05) is 11.6 Å². The molecule has 2 heteroatoms. The van der Waals surface area contributed by atoms with Gasteiger partial charge in [0.2, 0.25) is 0 Å². The van der Waals surface area contributed by atoms with Gasteiger partial charge >= 0.3 is 0 Å². The fourth-order valence-corrected chi connectivity index (χ4v) is 1.46. The van der Waals surface area contributed by atoms with E-state index in [1.54, 1.807) is 6.26 Å². The van der Waals surface area contributed by atoms with E-state index in [0.29, 0.717) is 0 Å². The Balaban J connectivity index is 2.70. The summed E-state index contributed by atoms with van der Waals surface area (Å²) in [5.74, 6) is 0. The first-order valence-electron chi connectivity index (χ1n) is 4.25. The summed E-state index contributed by atoms with van der Waals surface area (Å²) in [5.41, 5.74) is 3.00. The van der Waals surface area contributed by atoms with Gasteiger partial charge in [0.25, 0.3) is 0 Å². The molecule has 0 N–H and O–H groups in total. The third kappa shape index (κ3) is 1.24.